The summed E-state index contributed by atoms with van der Waals surface area (Å²) in [6, 6.07) is 1.34. The number of nitrogens with zero attached hydrogens (tertiary/aromatic N) is 2. The van der Waals surface area contributed by atoms with Gasteiger partial charge in [-0.1, -0.05) is 0 Å². The third-order valence-electron chi connectivity index (χ3n) is 0.801. The van der Waals surface area contributed by atoms with Crippen molar-refractivity contribution in [3.63, 3.8) is 0 Å². The molecule has 0 aliphatic rings. The standard InChI is InChI=1S/C5H4N2O2.K.H/c8-5(9)4-1-2-6-3-7-4;;/h1-3H,(H,8,9);;/q;+1;-1. The Morgan fingerprint density at radius 3 is 2.70 bits per heavy atom. The van der Waals surface area contributed by atoms with Crippen molar-refractivity contribution in [2.75, 3.05) is 0 Å². The zero-order chi connectivity index (χ0) is 6.69. The van der Waals surface area contributed by atoms with Crippen molar-refractivity contribution in [2.45, 2.75) is 0 Å². The summed E-state index contributed by atoms with van der Waals surface area (Å²) in [5.74, 6) is -1.03. The smallest absolute Gasteiger partial charge is 1.00 e. The van der Waals surface area contributed by atoms with Gasteiger partial charge in [0.15, 0.2) is 5.69 Å². The molecule has 0 fully saturated rings. The van der Waals surface area contributed by atoms with Gasteiger partial charge in [-0.15, -0.1) is 0 Å². The molecule has 5 heteroatoms. The first-order valence-electron chi connectivity index (χ1n) is 2.30. The SMILES string of the molecule is O=C(O)c1ccncn1.[H-].[K+]. The summed E-state index contributed by atoms with van der Waals surface area (Å²) >= 11 is 0. The summed E-state index contributed by atoms with van der Waals surface area (Å²) in [6.45, 7) is 0. The Kier molecular flexibility index (Phi) is 5.01. The number of hydrogen-bond donors (Lipinski definition) is 1. The van der Waals surface area contributed by atoms with Crippen molar-refractivity contribution in [3.8, 4) is 0 Å². The van der Waals surface area contributed by atoms with Crippen LogP contribution in [0.25, 0.3) is 0 Å². The van der Waals surface area contributed by atoms with Crippen LogP contribution in [0.3, 0.4) is 0 Å². The number of carboxylic acid groups (broad SMARTS) is 1. The van der Waals surface area contributed by atoms with Gasteiger partial charge >= 0.3 is 57.4 Å². The molecule has 0 amide bonds. The molecule has 0 saturated heterocycles. The molecule has 0 saturated carbocycles. The molecule has 4 nitrogen and oxygen atoms in total. The maximum absolute atomic E-state index is 10.1. The molecule has 1 heterocycles. The third kappa shape index (κ3) is 2.85. The minimum absolute atomic E-state index is 0. The summed E-state index contributed by atoms with van der Waals surface area (Å²) in [5.41, 5.74) is 0.0185. The third-order valence-corrected chi connectivity index (χ3v) is 0.801. The minimum atomic E-state index is -1.03. The maximum Gasteiger partial charge on any atom is 1.00 e. The molecule has 1 rings (SSSR count). The van der Waals surface area contributed by atoms with Crippen LogP contribution in [0.4, 0.5) is 0 Å². The topological polar surface area (TPSA) is 63.1 Å². The van der Waals surface area contributed by atoms with Crippen LogP contribution >= 0.6 is 0 Å². The summed E-state index contributed by atoms with van der Waals surface area (Å²) in [6.07, 6.45) is 2.58. The number of carbonyl (C=O) groups is 1. The van der Waals surface area contributed by atoms with E-state index in [0.29, 0.717) is 0 Å². The molecular weight excluding hydrogens is 159 g/mol. The molecule has 1 aromatic heterocycles. The monoisotopic (exact) mass is 164 g/mol. The van der Waals surface area contributed by atoms with E-state index in [-0.39, 0.29) is 58.5 Å². The molecule has 0 aliphatic carbocycles. The quantitative estimate of drug-likeness (QED) is 0.458. The second kappa shape index (κ2) is 4.92. The van der Waals surface area contributed by atoms with Crippen molar-refractivity contribution in [3.05, 3.63) is 24.3 Å². The number of hydrogen-bond acceptors (Lipinski definition) is 3. The number of carboxylic acids is 1. The molecule has 1 N–H and O–H groups in total. The van der Waals surface area contributed by atoms with Gasteiger partial charge in [0.05, 0.1) is 0 Å². The van der Waals surface area contributed by atoms with E-state index in [0.717, 1.165) is 0 Å². The fraction of sp³-hybridized carbons (Fsp3) is 0. The van der Waals surface area contributed by atoms with Gasteiger partial charge in [0.1, 0.15) is 6.33 Å². The molecule has 0 aliphatic heterocycles. The molecule has 0 unspecified atom stereocenters. The van der Waals surface area contributed by atoms with Gasteiger partial charge in [-0.25, -0.2) is 14.8 Å². The maximum atomic E-state index is 10.1. The molecule has 0 radical (unpaired) electrons. The number of rotatable bonds is 1. The summed E-state index contributed by atoms with van der Waals surface area (Å²) in [5, 5.41) is 8.29. The Morgan fingerprint density at radius 1 is 1.70 bits per heavy atom. The molecule has 0 bridgehead atoms. The Morgan fingerprint density at radius 2 is 2.40 bits per heavy atom. The number of aromatic carboxylic acids is 1. The Bertz CT molecular complexity index is 219. The molecule has 1 aromatic rings. The van der Waals surface area contributed by atoms with Gasteiger partial charge in [-0.05, 0) is 6.07 Å². The van der Waals surface area contributed by atoms with E-state index in [2.05, 4.69) is 9.97 Å². The zero-order valence-corrected chi connectivity index (χ0v) is 8.61. The van der Waals surface area contributed by atoms with Crippen LogP contribution in [-0.2, 0) is 0 Å². The second-order valence-corrected chi connectivity index (χ2v) is 1.40. The minimum Gasteiger partial charge on any atom is -1.00 e. The zero-order valence-electron chi connectivity index (χ0n) is 6.48. The van der Waals surface area contributed by atoms with Crippen molar-refractivity contribution >= 4 is 5.97 Å². The van der Waals surface area contributed by atoms with Crippen molar-refractivity contribution in [1.29, 1.82) is 0 Å². The van der Waals surface area contributed by atoms with Gasteiger partial charge in [0.2, 0.25) is 0 Å². The van der Waals surface area contributed by atoms with E-state index < -0.39 is 5.97 Å². The van der Waals surface area contributed by atoms with Gasteiger partial charge in [0, 0.05) is 6.20 Å². The van der Waals surface area contributed by atoms with Gasteiger partial charge in [-0.2, -0.15) is 0 Å². The van der Waals surface area contributed by atoms with E-state index in [9.17, 15) is 4.79 Å². The van der Waals surface area contributed by atoms with Gasteiger partial charge < -0.3 is 6.53 Å². The second-order valence-electron chi connectivity index (χ2n) is 1.40. The van der Waals surface area contributed by atoms with Gasteiger partial charge in [-0.3, -0.25) is 0 Å². The van der Waals surface area contributed by atoms with E-state index in [4.69, 9.17) is 5.11 Å². The van der Waals surface area contributed by atoms with E-state index in [1.165, 1.54) is 18.6 Å². The van der Waals surface area contributed by atoms with Crippen molar-refractivity contribution < 1.29 is 62.7 Å². The van der Waals surface area contributed by atoms with Crippen LogP contribution in [0.15, 0.2) is 18.6 Å². The average Bonchev–Trinajstić information content (AvgIpc) is 1.90. The predicted molar refractivity (Wildman–Crippen MR) is 30.1 cm³/mol. The Balaban J connectivity index is 0. The van der Waals surface area contributed by atoms with Crippen molar-refractivity contribution in [2.24, 2.45) is 0 Å². The van der Waals surface area contributed by atoms with Crippen molar-refractivity contribution in [1.82, 2.24) is 9.97 Å². The van der Waals surface area contributed by atoms with E-state index >= 15 is 0 Å². The van der Waals surface area contributed by atoms with E-state index in [1.54, 1.807) is 0 Å². The van der Waals surface area contributed by atoms with Crippen LogP contribution in [-0.4, -0.2) is 21.0 Å². The first-order valence-corrected chi connectivity index (χ1v) is 2.30. The molecule has 48 valence electrons. The Hall–Kier alpha value is 0.186. The van der Waals surface area contributed by atoms with Crippen LogP contribution in [0.2, 0.25) is 0 Å². The van der Waals surface area contributed by atoms with Gasteiger partial charge in [0.25, 0.3) is 0 Å². The van der Waals surface area contributed by atoms with Crippen LogP contribution in [0, 0.1) is 0 Å². The summed E-state index contributed by atoms with van der Waals surface area (Å²) < 4.78 is 0. The average molecular weight is 164 g/mol. The van der Waals surface area contributed by atoms with Crippen LogP contribution < -0.4 is 51.4 Å². The first kappa shape index (κ1) is 10.2. The summed E-state index contributed by atoms with van der Waals surface area (Å²) in [4.78, 5) is 17.1. The Labute approximate surface area is 102 Å². The summed E-state index contributed by atoms with van der Waals surface area (Å²) in [7, 11) is 0. The molecule has 10 heavy (non-hydrogen) atoms. The molecule has 0 aromatic carbocycles. The van der Waals surface area contributed by atoms with Crippen LogP contribution in [0.5, 0.6) is 0 Å². The van der Waals surface area contributed by atoms with Crippen LogP contribution in [0.1, 0.15) is 11.9 Å². The molecule has 0 spiro atoms. The fourth-order valence-electron chi connectivity index (χ4n) is 0.417. The van der Waals surface area contributed by atoms with E-state index in [1.807, 2.05) is 0 Å². The first-order chi connectivity index (χ1) is 4.30. The number of aromatic nitrogens is 2. The molecule has 0 atom stereocenters. The molecular formula is C5H5KN2O2. The fourth-order valence-corrected chi connectivity index (χ4v) is 0.417. The normalized spacial score (nSPS) is 8.00. The predicted octanol–water partition coefficient (Wildman–Crippen LogP) is -2.71. The largest absolute Gasteiger partial charge is 1.00 e.